The largest absolute Gasteiger partial charge is 0.338 e. The summed E-state index contributed by atoms with van der Waals surface area (Å²) in [5.41, 5.74) is -0.214. The second-order valence-electron chi connectivity index (χ2n) is 7.12. The maximum atomic E-state index is 13.2. The molecule has 3 atom stereocenters. The predicted octanol–water partition coefficient (Wildman–Crippen LogP) is 3.09. The molecule has 0 bridgehead atoms. The Morgan fingerprint density at radius 3 is 2.75 bits per heavy atom. The summed E-state index contributed by atoms with van der Waals surface area (Å²) in [7, 11) is 0. The first-order valence-corrected chi connectivity index (χ1v) is 8.83. The molecule has 1 amide bonds. The summed E-state index contributed by atoms with van der Waals surface area (Å²) in [6.07, 6.45) is 12.2. The van der Waals surface area contributed by atoms with Gasteiger partial charge in [-0.05, 0) is 57.4 Å². The van der Waals surface area contributed by atoms with Gasteiger partial charge in [-0.15, -0.1) is 0 Å². The van der Waals surface area contributed by atoms with E-state index in [0.717, 1.165) is 44.7 Å². The van der Waals surface area contributed by atoms with Crippen molar-refractivity contribution in [2.75, 3.05) is 13.1 Å². The van der Waals surface area contributed by atoms with Gasteiger partial charge in [0.2, 0.25) is 5.91 Å². The lowest BCUT2D eigenvalue weighted by Crippen LogP contribution is -2.60. The maximum Gasteiger partial charge on any atom is 0.243 e. The average Bonchev–Trinajstić information content (AvgIpc) is 2.96. The molecule has 1 N–H and O–H groups in total. The van der Waals surface area contributed by atoms with Crippen molar-refractivity contribution in [3.05, 3.63) is 0 Å². The summed E-state index contributed by atoms with van der Waals surface area (Å²) < 4.78 is 0. The molecule has 1 aliphatic carbocycles. The van der Waals surface area contributed by atoms with E-state index in [4.69, 9.17) is 0 Å². The smallest absolute Gasteiger partial charge is 0.243 e. The van der Waals surface area contributed by atoms with Gasteiger partial charge in [-0.25, -0.2) is 0 Å². The molecule has 3 fully saturated rings. The van der Waals surface area contributed by atoms with Crippen LogP contribution in [-0.4, -0.2) is 35.5 Å². The Labute approximate surface area is 123 Å². The second kappa shape index (κ2) is 6.05. The van der Waals surface area contributed by atoms with Gasteiger partial charge in [0.25, 0.3) is 0 Å². The SMILES string of the molecule is CCCC1(C(=O)N2CCCC3CCCCC32)CCCN1. The molecule has 114 valence electrons. The summed E-state index contributed by atoms with van der Waals surface area (Å²) in [5.74, 6) is 1.23. The zero-order chi connectivity index (χ0) is 14.0. The molecule has 3 aliphatic rings. The van der Waals surface area contributed by atoms with E-state index in [1.165, 1.54) is 38.5 Å². The molecular formula is C17H30N2O. The Morgan fingerprint density at radius 2 is 2.00 bits per heavy atom. The molecule has 0 radical (unpaired) electrons. The number of hydrogen-bond donors (Lipinski definition) is 1. The molecule has 0 aromatic heterocycles. The Balaban J connectivity index is 1.77. The van der Waals surface area contributed by atoms with Crippen LogP contribution in [0.25, 0.3) is 0 Å². The predicted molar refractivity (Wildman–Crippen MR) is 81.6 cm³/mol. The lowest BCUT2D eigenvalue weighted by molar-refractivity contribution is -0.144. The maximum absolute atomic E-state index is 13.2. The minimum Gasteiger partial charge on any atom is -0.338 e. The topological polar surface area (TPSA) is 32.3 Å². The highest BCUT2D eigenvalue weighted by Gasteiger charge is 2.46. The number of carbonyl (C=O) groups is 1. The monoisotopic (exact) mass is 278 g/mol. The van der Waals surface area contributed by atoms with Crippen LogP contribution < -0.4 is 5.32 Å². The normalized spacial score (nSPS) is 37.8. The average molecular weight is 278 g/mol. The molecule has 3 rings (SSSR count). The fraction of sp³-hybridized carbons (Fsp3) is 0.941. The molecule has 2 aliphatic heterocycles. The van der Waals surface area contributed by atoms with Crippen LogP contribution in [0, 0.1) is 5.92 Å². The van der Waals surface area contributed by atoms with Crippen LogP contribution in [0.3, 0.4) is 0 Å². The lowest BCUT2D eigenvalue weighted by atomic mass is 9.77. The van der Waals surface area contributed by atoms with E-state index in [2.05, 4.69) is 17.1 Å². The first-order valence-electron chi connectivity index (χ1n) is 8.83. The van der Waals surface area contributed by atoms with Crippen LogP contribution in [0.15, 0.2) is 0 Å². The molecule has 3 unspecified atom stereocenters. The molecule has 0 aromatic carbocycles. The molecule has 20 heavy (non-hydrogen) atoms. The fourth-order valence-corrected chi connectivity index (χ4v) is 4.89. The third kappa shape index (κ3) is 2.49. The quantitative estimate of drug-likeness (QED) is 0.860. The van der Waals surface area contributed by atoms with Crippen LogP contribution in [0.4, 0.5) is 0 Å². The van der Waals surface area contributed by atoms with E-state index < -0.39 is 0 Å². The number of rotatable bonds is 3. The van der Waals surface area contributed by atoms with E-state index in [9.17, 15) is 4.79 Å². The fourth-order valence-electron chi connectivity index (χ4n) is 4.89. The van der Waals surface area contributed by atoms with Gasteiger partial charge in [-0.2, -0.15) is 0 Å². The molecule has 2 heterocycles. The number of likely N-dealkylation sites (tertiary alicyclic amines) is 1. The summed E-state index contributed by atoms with van der Waals surface area (Å²) in [6.45, 7) is 4.23. The Bertz CT molecular complexity index is 347. The van der Waals surface area contributed by atoms with Crippen molar-refractivity contribution >= 4 is 5.91 Å². The van der Waals surface area contributed by atoms with Gasteiger partial charge in [0.15, 0.2) is 0 Å². The molecule has 1 saturated carbocycles. The van der Waals surface area contributed by atoms with Crippen LogP contribution in [0.2, 0.25) is 0 Å². The van der Waals surface area contributed by atoms with E-state index >= 15 is 0 Å². The first kappa shape index (κ1) is 14.4. The lowest BCUT2D eigenvalue weighted by Gasteiger charge is -2.47. The number of nitrogens with zero attached hydrogens (tertiary/aromatic N) is 1. The van der Waals surface area contributed by atoms with Gasteiger partial charge >= 0.3 is 0 Å². The van der Waals surface area contributed by atoms with Crippen LogP contribution in [0.1, 0.15) is 71.1 Å². The number of hydrogen-bond acceptors (Lipinski definition) is 2. The van der Waals surface area contributed by atoms with E-state index in [1.807, 2.05) is 0 Å². The molecule has 0 aromatic rings. The van der Waals surface area contributed by atoms with Gasteiger partial charge in [-0.1, -0.05) is 26.2 Å². The summed E-state index contributed by atoms with van der Waals surface area (Å²) in [6, 6.07) is 0.557. The Kier molecular flexibility index (Phi) is 4.34. The minimum absolute atomic E-state index is 0.214. The molecule has 2 saturated heterocycles. The molecular weight excluding hydrogens is 248 g/mol. The van der Waals surface area contributed by atoms with Gasteiger partial charge in [0.1, 0.15) is 0 Å². The minimum atomic E-state index is -0.214. The van der Waals surface area contributed by atoms with Crippen molar-refractivity contribution in [1.29, 1.82) is 0 Å². The standard InChI is InChI=1S/C17H30N2O/c1-2-10-17(11-6-12-18-17)16(20)19-13-5-8-14-7-3-4-9-15(14)19/h14-15,18H,2-13H2,1H3. The third-order valence-electron chi connectivity index (χ3n) is 5.83. The highest BCUT2D eigenvalue weighted by Crippen LogP contribution is 2.38. The van der Waals surface area contributed by atoms with Crippen LogP contribution >= 0.6 is 0 Å². The van der Waals surface area contributed by atoms with Crippen molar-refractivity contribution in [3.63, 3.8) is 0 Å². The van der Waals surface area contributed by atoms with E-state index in [1.54, 1.807) is 0 Å². The number of piperidine rings is 1. The highest BCUT2D eigenvalue weighted by molar-refractivity contribution is 5.87. The zero-order valence-corrected chi connectivity index (χ0v) is 13.0. The van der Waals surface area contributed by atoms with E-state index in [-0.39, 0.29) is 5.54 Å². The Hall–Kier alpha value is -0.570. The van der Waals surface area contributed by atoms with Crippen molar-refractivity contribution in [3.8, 4) is 0 Å². The van der Waals surface area contributed by atoms with Crippen molar-refractivity contribution < 1.29 is 4.79 Å². The van der Waals surface area contributed by atoms with Gasteiger partial charge in [0.05, 0.1) is 5.54 Å². The third-order valence-corrected chi connectivity index (χ3v) is 5.83. The zero-order valence-electron chi connectivity index (χ0n) is 13.0. The summed E-state index contributed by atoms with van der Waals surface area (Å²) >= 11 is 0. The first-order chi connectivity index (χ1) is 9.77. The number of carbonyl (C=O) groups excluding carboxylic acids is 1. The second-order valence-corrected chi connectivity index (χ2v) is 7.12. The summed E-state index contributed by atoms with van der Waals surface area (Å²) in [5, 5.41) is 3.57. The van der Waals surface area contributed by atoms with Crippen molar-refractivity contribution in [2.24, 2.45) is 5.92 Å². The van der Waals surface area contributed by atoms with Gasteiger partial charge in [-0.3, -0.25) is 4.79 Å². The van der Waals surface area contributed by atoms with Crippen molar-refractivity contribution in [1.82, 2.24) is 10.2 Å². The van der Waals surface area contributed by atoms with Gasteiger partial charge in [0, 0.05) is 12.6 Å². The van der Waals surface area contributed by atoms with E-state index in [0.29, 0.717) is 11.9 Å². The Morgan fingerprint density at radius 1 is 1.20 bits per heavy atom. The van der Waals surface area contributed by atoms with Crippen LogP contribution in [-0.2, 0) is 4.79 Å². The number of fused-ring (bicyclic) bond motifs is 1. The van der Waals surface area contributed by atoms with Crippen LogP contribution in [0.5, 0.6) is 0 Å². The number of amides is 1. The molecule has 3 heteroatoms. The van der Waals surface area contributed by atoms with Crippen molar-refractivity contribution in [2.45, 2.75) is 82.7 Å². The molecule has 0 spiro atoms. The summed E-state index contributed by atoms with van der Waals surface area (Å²) in [4.78, 5) is 15.5. The van der Waals surface area contributed by atoms with Gasteiger partial charge < -0.3 is 10.2 Å². The highest BCUT2D eigenvalue weighted by atomic mass is 16.2. The molecule has 3 nitrogen and oxygen atoms in total. The number of nitrogens with one attached hydrogen (secondary N) is 1.